The minimum atomic E-state index is -4.61. The van der Waals surface area contributed by atoms with Gasteiger partial charge in [-0.15, -0.1) is 5.10 Å². The normalized spacial score (nSPS) is 15.5. The molecule has 2 aliphatic rings. The third-order valence-corrected chi connectivity index (χ3v) is 9.37. The van der Waals surface area contributed by atoms with Gasteiger partial charge in [0, 0.05) is 37.8 Å². The van der Waals surface area contributed by atoms with Crippen molar-refractivity contribution in [2.24, 2.45) is 0 Å². The second kappa shape index (κ2) is 13.5. The number of aromatic amines is 1. The second-order valence-electron chi connectivity index (χ2n) is 12.1. The first-order valence-electron chi connectivity index (χ1n) is 16.2. The molecule has 0 radical (unpaired) electrons. The number of rotatable bonds is 7. The van der Waals surface area contributed by atoms with E-state index >= 15 is 0 Å². The van der Waals surface area contributed by atoms with Gasteiger partial charge in [-0.3, -0.25) is 14.4 Å². The summed E-state index contributed by atoms with van der Waals surface area (Å²) in [6.45, 7) is 3.03. The predicted octanol–water partition coefficient (Wildman–Crippen LogP) is 5.15. The van der Waals surface area contributed by atoms with Crippen molar-refractivity contribution < 1.29 is 31.9 Å². The summed E-state index contributed by atoms with van der Waals surface area (Å²) in [6.07, 6.45) is -0.359. The van der Waals surface area contributed by atoms with E-state index in [9.17, 15) is 31.9 Å². The van der Waals surface area contributed by atoms with Crippen molar-refractivity contribution in [1.29, 1.82) is 0 Å². The fourth-order valence-corrected chi connectivity index (χ4v) is 6.75. The lowest BCUT2D eigenvalue weighted by molar-refractivity contribution is -0.137. The summed E-state index contributed by atoms with van der Waals surface area (Å²) in [5.74, 6) is -1.36. The number of nitrogens with one attached hydrogen (secondary N) is 2. The lowest BCUT2D eigenvalue weighted by Gasteiger charge is -2.37. The molecule has 0 saturated carbocycles. The highest BCUT2D eigenvalue weighted by Crippen LogP contribution is 2.34. The average molecular weight is 727 g/mol. The number of hydrogen-bond donors (Lipinski definition) is 2. The minimum absolute atomic E-state index is 0.0215. The molecule has 0 spiro atoms. The van der Waals surface area contributed by atoms with Crippen LogP contribution in [0.3, 0.4) is 0 Å². The molecule has 5 heterocycles. The lowest BCUT2D eigenvalue weighted by atomic mass is 10.1. The molecule has 266 valence electrons. The van der Waals surface area contributed by atoms with Crippen molar-refractivity contribution in [2.75, 3.05) is 49.6 Å². The molecule has 2 amide bonds. The summed E-state index contributed by atoms with van der Waals surface area (Å²) in [7, 11) is 0. The molecule has 0 aliphatic carbocycles. The maximum absolute atomic E-state index is 14.9. The predicted molar refractivity (Wildman–Crippen MR) is 181 cm³/mol. The van der Waals surface area contributed by atoms with E-state index in [0.717, 1.165) is 28.3 Å². The molecular weight excluding hydrogens is 696 g/mol. The molecule has 2 N–H and O–H groups in total. The molecule has 0 unspecified atom stereocenters. The van der Waals surface area contributed by atoms with Gasteiger partial charge >= 0.3 is 6.18 Å². The van der Waals surface area contributed by atoms with E-state index in [-0.39, 0.29) is 66.9 Å². The summed E-state index contributed by atoms with van der Waals surface area (Å²) in [4.78, 5) is 52.2. The van der Waals surface area contributed by atoms with Gasteiger partial charge in [0.05, 0.1) is 46.3 Å². The number of nitrogens with zero attached hydrogens (tertiary/aromatic N) is 6. The van der Waals surface area contributed by atoms with Crippen LogP contribution < -0.4 is 15.8 Å². The Labute approximate surface area is 292 Å². The summed E-state index contributed by atoms with van der Waals surface area (Å²) < 4.78 is 62.6. The highest BCUT2D eigenvalue weighted by Gasteiger charge is 2.32. The van der Waals surface area contributed by atoms with Gasteiger partial charge in [0.2, 0.25) is 11.7 Å². The number of fused-ring (bicyclic) bond motifs is 2. The number of carbonyl (C=O) groups is 2. The number of halogens is 5. The largest absolute Gasteiger partial charge is 0.416 e. The highest BCUT2D eigenvalue weighted by atomic mass is 35.5. The van der Waals surface area contributed by atoms with Gasteiger partial charge in [0.25, 0.3) is 11.5 Å². The number of piperazine rings is 1. The molecule has 7 rings (SSSR count). The van der Waals surface area contributed by atoms with Crippen LogP contribution in [0.1, 0.15) is 40.8 Å². The second-order valence-corrected chi connectivity index (χ2v) is 12.5. The molecule has 0 atom stereocenters. The third kappa shape index (κ3) is 6.44. The van der Waals surface area contributed by atoms with Gasteiger partial charge in [-0.25, -0.2) is 4.39 Å². The van der Waals surface area contributed by atoms with E-state index in [1.54, 1.807) is 22.9 Å². The first kappa shape index (κ1) is 34.2. The average Bonchev–Trinajstić information content (AvgIpc) is 3.78. The number of ether oxygens (including phenoxy) is 1. The maximum atomic E-state index is 14.9. The van der Waals surface area contributed by atoms with E-state index in [1.165, 1.54) is 11.0 Å². The number of hydrogen-bond acceptors (Lipinski definition) is 7. The van der Waals surface area contributed by atoms with E-state index in [0.29, 0.717) is 42.1 Å². The Balaban J connectivity index is 1.22. The molecular formula is C34H31ClF4N8O4. The van der Waals surface area contributed by atoms with Crippen molar-refractivity contribution in [1.82, 2.24) is 29.0 Å². The van der Waals surface area contributed by atoms with E-state index in [1.807, 2.05) is 17.9 Å². The van der Waals surface area contributed by atoms with Gasteiger partial charge in [-0.1, -0.05) is 24.6 Å². The zero-order valence-corrected chi connectivity index (χ0v) is 27.9. The third-order valence-electron chi connectivity index (χ3n) is 9.06. The summed E-state index contributed by atoms with van der Waals surface area (Å²) in [6, 6.07) is 7.23. The lowest BCUT2D eigenvalue weighted by Crippen LogP contribution is -2.51. The van der Waals surface area contributed by atoms with Crippen molar-refractivity contribution in [3.05, 3.63) is 92.5 Å². The van der Waals surface area contributed by atoms with Crippen LogP contribution in [0.25, 0.3) is 22.3 Å². The van der Waals surface area contributed by atoms with Crippen LogP contribution in [-0.2, 0) is 28.7 Å². The smallest absolute Gasteiger partial charge is 0.377 e. The summed E-state index contributed by atoms with van der Waals surface area (Å²) >= 11 is 6.11. The quantitative estimate of drug-likeness (QED) is 0.222. The molecule has 2 aromatic carbocycles. The number of aromatic nitrogens is 5. The van der Waals surface area contributed by atoms with Gasteiger partial charge < -0.3 is 29.4 Å². The van der Waals surface area contributed by atoms with E-state index < -0.39 is 34.9 Å². The Morgan fingerprint density at radius 3 is 2.57 bits per heavy atom. The topological polar surface area (TPSA) is 130 Å². The van der Waals surface area contributed by atoms with Crippen LogP contribution in [-0.4, -0.2) is 80.3 Å². The molecule has 2 aliphatic heterocycles. The molecule has 12 nitrogen and oxygen atoms in total. The van der Waals surface area contributed by atoms with Crippen molar-refractivity contribution in [2.45, 2.75) is 32.5 Å². The van der Waals surface area contributed by atoms with Gasteiger partial charge in [-0.05, 0) is 54.8 Å². The number of benzene rings is 2. The van der Waals surface area contributed by atoms with Crippen molar-refractivity contribution >= 4 is 57.0 Å². The van der Waals surface area contributed by atoms with Crippen LogP contribution in [0.5, 0.6) is 0 Å². The standard InChI is InChI=1S/C34H31ClF4N8O4/c1-2-25-29(44-11-13-45(14-12-44)31(49)27-23(36)5-3-19-7-10-40-28(19)27)32(50)47-33(42-30(43-47)20-8-15-51-16-9-20)46(25)18-26(48)41-24-6-4-21(17-22(24)35)34(37,38)39/h3-8,10,17,40H,2,9,11-16,18H2,1H3,(H,41,48). The Kier molecular flexibility index (Phi) is 9.05. The maximum Gasteiger partial charge on any atom is 0.416 e. The monoisotopic (exact) mass is 726 g/mol. The zero-order chi connectivity index (χ0) is 36.0. The number of H-pyrrole nitrogens is 1. The molecule has 1 fully saturated rings. The van der Waals surface area contributed by atoms with Crippen LogP contribution >= 0.6 is 11.6 Å². The van der Waals surface area contributed by atoms with E-state index in [2.05, 4.69) is 20.4 Å². The fourth-order valence-electron chi connectivity index (χ4n) is 6.52. The van der Waals surface area contributed by atoms with Crippen LogP contribution in [0, 0.1) is 5.82 Å². The molecule has 0 bridgehead atoms. The fraction of sp³-hybridized carbons (Fsp3) is 0.324. The van der Waals surface area contributed by atoms with Crippen LogP contribution in [0.15, 0.2) is 53.5 Å². The number of alkyl halides is 3. The molecule has 3 aromatic heterocycles. The first-order chi connectivity index (χ1) is 24.4. The first-order valence-corrected chi connectivity index (χ1v) is 16.6. The van der Waals surface area contributed by atoms with Gasteiger partial charge in [0.1, 0.15) is 18.0 Å². The van der Waals surface area contributed by atoms with Crippen LogP contribution in [0.4, 0.5) is 28.9 Å². The summed E-state index contributed by atoms with van der Waals surface area (Å²) in [5, 5.41) is 7.51. The van der Waals surface area contributed by atoms with Crippen LogP contribution in [0.2, 0.25) is 5.02 Å². The molecule has 51 heavy (non-hydrogen) atoms. The van der Waals surface area contributed by atoms with Crippen molar-refractivity contribution in [3.63, 3.8) is 0 Å². The summed E-state index contributed by atoms with van der Waals surface area (Å²) in [5.41, 5.74) is 0.382. The number of carbonyl (C=O) groups excluding carboxylic acids is 2. The zero-order valence-electron chi connectivity index (χ0n) is 27.2. The number of anilines is 2. The Morgan fingerprint density at radius 2 is 1.88 bits per heavy atom. The Bertz CT molecular complexity index is 2270. The molecule has 1 saturated heterocycles. The minimum Gasteiger partial charge on any atom is -0.377 e. The van der Waals surface area contributed by atoms with Gasteiger partial charge in [0.15, 0.2) is 5.82 Å². The van der Waals surface area contributed by atoms with E-state index in [4.69, 9.17) is 16.3 Å². The van der Waals surface area contributed by atoms with Gasteiger partial charge in [-0.2, -0.15) is 22.7 Å². The Morgan fingerprint density at radius 1 is 1.10 bits per heavy atom. The molecule has 17 heteroatoms. The molecule has 5 aromatic rings. The SMILES string of the molecule is CCc1c(N2CCN(C(=O)c3c(F)ccc4cc[nH]c34)CC2)c(=O)n2nc(C3=CCOCC3)nc2n1CC(=O)Nc1ccc(C(F)(F)F)cc1Cl. The highest BCUT2D eigenvalue weighted by molar-refractivity contribution is 6.33. The Hall–Kier alpha value is -5.22. The van der Waals surface area contributed by atoms with Crippen molar-refractivity contribution in [3.8, 4) is 0 Å². The number of amides is 2.